The number of unbranched alkanes of at least 4 members (excludes halogenated alkanes) is 10. The number of nitrogens with one attached hydrogen (secondary N) is 1. The third kappa shape index (κ3) is 19.3. The van der Waals surface area contributed by atoms with Gasteiger partial charge >= 0.3 is 0 Å². The zero-order valence-electron chi connectivity index (χ0n) is 14.7. The van der Waals surface area contributed by atoms with Crippen LogP contribution in [-0.2, 0) is 14.9 Å². The maximum Gasteiger partial charge on any atom is 0.264 e. The van der Waals surface area contributed by atoms with E-state index in [2.05, 4.69) is 12.2 Å². The largest absolute Gasteiger partial charge is 0.356 e. The normalized spacial score (nSPS) is 11.6. The molecule has 0 spiro atoms. The Balaban J connectivity index is 3.24. The predicted octanol–water partition coefficient (Wildman–Crippen LogP) is 4.08. The second-order valence-corrected chi connectivity index (χ2v) is 7.85. The van der Waals surface area contributed by atoms with Crippen molar-refractivity contribution in [2.24, 2.45) is 0 Å². The summed E-state index contributed by atoms with van der Waals surface area (Å²) in [6, 6.07) is 0. The van der Waals surface area contributed by atoms with E-state index in [9.17, 15) is 13.2 Å². The molecule has 0 aliphatic carbocycles. The molecule has 0 aliphatic rings. The van der Waals surface area contributed by atoms with Crippen molar-refractivity contribution in [2.45, 2.75) is 90.4 Å². The van der Waals surface area contributed by atoms with Crippen LogP contribution in [0.25, 0.3) is 0 Å². The quantitative estimate of drug-likeness (QED) is 0.325. The first kappa shape index (κ1) is 22.4. The highest BCUT2D eigenvalue weighted by molar-refractivity contribution is 7.85. The molecule has 23 heavy (non-hydrogen) atoms. The summed E-state index contributed by atoms with van der Waals surface area (Å²) < 4.78 is 29.6. The molecule has 0 radical (unpaired) electrons. The van der Waals surface area contributed by atoms with Crippen LogP contribution in [0.5, 0.6) is 0 Å². The fraction of sp³-hybridized carbons (Fsp3) is 0.941. The molecule has 0 aromatic heterocycles. The van der Waals surface area contributed by atoms with Crippen molar-refractivity contribution < 1.29 is 17.8 Å². The molecule has 0 aromatic rings. The van der Waals surface area contributed by atoms with Gasteiger partial charge in [-0.2, -0.15) is 8.42 Å². The fourth-order valence-electron chi connectivity index (χ4n) is 2.50. The molecule has 0 aromatic carbocycles. The zero-order chi connectivity index (χ0) is 17.4. The average molecular weight is 350 g/mol. The lowest BCUT2D eigenvalue weighted by Crippen LogP contribution is -2.24. The number of hydrogen-bond donors (Lipinski definition) is 2. The Bertz CT molecular complexity index is 382. The number of hydrogen-bond acceptors (Lipinski definition) is 3. The summed E-state index contributed by atoms with van der Waals surface area (Å²) >= 11 is 0. The zero-order valence-corrected chi connectivity index (χ0v) is 15.5. The Kier molecular flexibility index (Phi) is 14.5. The van der Waals surface area contributed by atoms with Crippen molar-refractivity contribution in [1.29, 1.82) is 0 Å². The first-order valence-electron chi connectivity index (χ1n) is 9.17. The van der Waals surface area contributed by atoms with E-state index < -0.39 is 10.1 Å². The standard InChI is InChI=1S/C17H35NO4S/c1-2-3-4-5-6-7-8-9-10-11-14-17(19)18-15-12-13-16-23(20,21)22/h2-16H2,1H3,(H,18,19)(H,20,21,22). The van der Waals surface area contributed by atoms with Gasteiger partial charge in [-0.3, -0.25) is 9.35 Å². The molecule has 0 unspecified atom stereocenters. The highest BCUT2D eigenvalue weighted by Crippen LogP contribution is 2.11. The van der Waals surface area contributed by atoms with Crippen LogP contribution >= 0.6 is 0 Å². The molecule has 0 bridgehead atoms. The lowest BCUT2D eigenvalue weighted by molar-refractivity contribution is -0.121. The minimum atomic E-state index is -3.87. The van der Waals surface area contributed by atoms with Gasteiger partial charge in [-0.25, -0.2) is 0 Å². The van der Waals surface area contributed by atoms with Gasteiger partial charge in [-0.05, 0) is 19.3 Å². The molecule has 0 heterocycles. The number of amides is 1. The van der Waals surface area contributed by atoms with Crippen LogP contribution in [0.2, 0.25) is 0 Å². The molecule has 0 atom stereocenters. The second kappa shape index (κ2) is 14.9. The molecule has 5 nitrogen and oxygen atoms in total. The fourth-order valence-corrected chi connectivity index (χ4v) is 3.07. The Morgan fingerprint density at radius 3 is 1.87 bits per heavy atom. The van der Waals surface area contributed by atoms with E-state index in [1.807, 2.05) is 0 Å². The van der Waals surface area contributed by atoms with Crippen LogP contribution in [0.15, 0.2) is 0 Å². The Hall–Kier alpha value is -0.620. The van der Waals surface area contributed by atoms with E-state index in [0.29, 0.717) is 25.8 Å². The highest BCUT2D eigenvalue weighted by atomic mass is 32.2. The van der Waals surface area contributed by atoms with E-state index in [4.69, 9.17) is 4.55 Å². The lowest BCUT2D eigenvalue weighted by atomic mass is 10.1. The van der Waals surface area contributed by atoms with E-state index >= 15 is 0 Å². The summed E-state index contributed by atoms with van der Waals surface area (Å²) in [7, 11) is -3.87. The minimum absolute atomic E-state index is 0.0384. The van der Waals surface area contributed by atoms with Gasteiger partial charge in [-0.15, -0.1) is 0 Å². The van der Waals surface area contributed by atoms with E-state index in [1.165, 1.54) is 51.4 Å². The minimum Gasteiger partial charge on any atom is -0.356 e. The lowest BCUT2D eigenvalue weighted by Gasteiger charge is -2.05. The van der Waals surface area contributed by atoms with Gasteiger partial charge in [0.05, 0.1) is 5.75 Å². The monoisotopic (exact) mass is 349 g/mol. The topological polar surface area (TPSA) is 83.5 Å². The van der Waals surface area contributed by atoms with Crippen LogP contribution in [0, 0.1) is 0 Å². The number of carbonyl (C=O) groups excluding carboxylic acids is 1. The first-order chi connectivity index (χ1) is 11.0. The molecule has 0 saturated heterocycles. The molecule has 138 valence electrons. The second-order valence-electron chi connectivity index (χ2n) is 6.28. The predicted molar refractivity (Wildman–Crippen MR) is 95.1 cm³/mol. The summed E-state index contributed by atoms with van der Waals surface area (Å²) in [5.74, 6) is -0.196. The van der Waals surface area contributed by atoms with Crippen molar-refractivity contribution in [3.05, 3.63) is 0 Å². The van der Waals surface area contributed by atoms with Crippen molar-refractivity contribution in [3.8, 4) is 0 Å². The van der Waals surface area contributed by atoms with E-state index in [-0.39, 0.29) is 11.7 Å². The summed E-state index contributed by atoms with van der Waals surface area (Å²) in [4.78, 5) is 11.6. The summed E-state index contributed by atoms with van der Waals surface area (Å²) in [6.07, 6.45) is 14.0. The van der Waals surface area contributed by atoms with Gasteiger partial charge in [0.15, 0.2) is 0 Å². The summed E-state index contributed by atoms with van der Waals surface area (Å²) in [6.45, 7) is 2.71. The molecular weight excluding hydrogens is 314 g/mol. The van der Waals surface area contributed by atoms with Gasteiger partial charge in [0, 0.05) is 13.0 Å². The molecular formula is C17H35NO4S. The van der Waals surface area contributed by atoms with Crippen LogP contribution in [-0.4, -0.2) is 31.2 Å². The molecule has 2 N–H and O–H groups in total. The van der Waals surface area contributed by atoms with Gasteiger partial charge < -0.3 is 5.32 Å². The Morgan fingerprint density at radius 1 is 0.826 bits per heavy atom. The van der Waals surface area contributed by atoms with Crippen LogP contribution < -0.4 is 5.32 Å². The number of rotatable bonds is 16. The molecule has 0 fully saturated rings. The van der Waals surface area contributed by atoms with Crippen LogP contribution in [0.1, 0.15) is 90.4 Å². The molecule has 1 amide bonds. The molecule has 0 saturated carbocycles. The smallest absolute Gasteiger partial charge is 0.264 e. The van der Waals surface area contributed by atoms with Gasteiger partial charge in [-0.1, -0.05) is 64.7 Å². The summed E-state index contributed by atoms with van der Waals surface area (Å²) in [5.41, 5.74) is 0. The Morgan fingerprint density at radius 2 is 1.35 bits per heavy atom. The third-order valence-electron chi connectivity index (χ3n) is 3.91. The Labute approximate surface area is 142 Å². The maximum atomic E-state index is 11.6. The van der Waals surface area contributed by atoms with Crippen molar-refractivity contribution in [2.75, 3.05) is 12.3 Å². The van der Waals surface area contributed by atoms with Crippen molar-refractivity contribution in [1.82, 2.24) is 5.32 Å². The summed E-state index contributed by atoms with van der Waals surface area (Å²) in [5, 5.41) is 2.78. The molecule has 0 rings (SSSR count). The van der Waals surface area contributed by atoms with Gasteiger partial charge in [0.25, 0.3) is 10.1 Å². The maximum absolute atomic E-state index is 11.6. The number of carbonyl (C=O) groups is 1. The van der Waals surface area contributed by atoms with Crippen molar-refractivity contribution in [3.63, 3.8) is 0 Å². The highest BCUT2D eigenvalue weighted by Gasteiger charge is 2.04. The SMILES string of the molecule is CCCCCCCCCCCCC(=O)NCCCCS(=O)(=O)O. The first-order valence-corrected chi connectivity index (χ1v) is 10.8. The van der Waals surface area contributed by atoms with E-state index in [1.54, 1.807) is 0 Å². The van der Waals surface area contributed by atoms with Gasteiger partial charge in [0.2, 0.25) is 5.91 Å². The van der Waals surface area contributed by atoms with Crippen LogP contribution in [0.4, 0.5) is 0 Å². The van der Waals surface area contributed by atoms with Gasteiger partial charge in [0.1, 0.15) is 0 Å². The average Bonchev–Trinajstić information content (AvgIpc) is 2.47. The van der Waals surface area contributed by atoms with Crippen molar-refractivity contribution >= 4 is 16.0 Å². The van der Waals surface area contributed by atoms with Crippen LogP contribution in [0.3, 0.4) is 0 Å². The molecule has 6 heteroatoms. The van der Waals surface area contributed by atoms with E-state index in [0.717, 1.165) is 12.8 Å². The third-order valence-corrected chi connectivity index (χ3v) is 4.71. The molecule has 0 aliphatic heterocycles.